The standard InChI is InChI=1S/C36H45N3O6/c40-25-26-12-14-28(15-13-26)33-22-31(24-39-20-6-1-7-21-39)44-36(45-33)29-18-16-27(17-19-29)32-9-3-2-8-30(32)23-37-34(41)10-4-5-11-35(42)38-43/h2-3,8-9,12-19,31,33,36,40,43H,1,4-7,10-11,20-25H2,(H,37,41)(H,38,42). The number of hydrogen-bond acceptors (Lipinski definition) is 7. The second kappa shape index (κ2) is 16.6. The molecule has 0 radical (unpaired) electrons. The number of hydrogen-bond donors (Lipinski definition) is 4. The van der Waals surface area contributed by atoms with Gasteiger partial charge in [0.1, 0.15) is 0 Å². The predicted octanol–water partition coefficient (Wildman–Crippen LogP) is 5.56. The molecular formula is C36H45N3O6. The molecule has 3 unspecified atom stereocenters. The van der Waals surface area contributed by atoms with E-state index in [2.05, 4.69) is 40.5 Å². The van der Waals surface area contributed by atoms with E-state index in [1.54, 1.807) is 5.48 Å². The fourth-order valence-electron chi connectivity index (χ4n) is 6.15. The van der Waals surface area contributed by atoms with Crippen LogP contribution in [0.1, 0.15) is 86.0 Å². The van der Waals surface area contributed by atoms with Crippen molar-refractivity contribution in [1.82, 2.24) is 15.7 Å². The number of nitrogens with zero attached hydrogens (tertiary/aromatic N) is 1. The van der Waals surface area contributed by atoms with Gasteiger partial charge in [-0.15, -0.1) is 0 Å². The van der Waals surface area contributed by atoms with Gasteiger partial charge >= 0.3 is 0 Å². The summed E-state index contributed by atoms with van der Waals surface area (Å²) < 4.78 is 13.1. The average molecular weight is 616 g/mol. The first-order chi connectivity index (χ1) is 22.0. The van der Waals surface area contributed by atoms with Crippen LogP contribution in [0.25, 0.3) is 11.1 Å². The number of rotatable bonds is 13. The Kier molecular flexibility index (Phi) is 12.1. The van der Waals surface area contributed by atoms with Gasteiger partial charge in [-0.3, -0.25) is 14.8 Å². The first-order valence-electron chi connectivity index (χ1n) is 16.1. The lowest BCUT2D eigenvalue weighted by molar-refractivity contribution is -0.253. The molecule has 2 fully saturated rings. The van der Waals surface area contributed by atoms with Gasteiger partial charge in [-0.2, -0.15) is 0 Å². The lowest BCUT2D eigenvalue weighted by Gasteiger charge is -2.39. The third-order valence-corrected chi connectivity index (χ3v) is 8.70. The average Bonchev–Trinajstić information content (AvgIpc) is 3.09. The van der Waals surface area contributed by atoms with E-state index < -0.39 is 12.2 Å². The van der Waals surface area contributed by atoms with Crippen LogP contribution in [-0.2, 0) is 32.2 Å². The van der Waals surface area contributed by atoms with Crippen LogP contribution in [0.2, 0.25) is 0 Å². The van der Waals surface area contributed by atoms with Crippen LogP contribution in [0.15, 0.2) is 72.8 Å². The highest BCUT2D eigenvalue weighted by atomic mass is 16.7. The van der Waals surface area contributed by atoms with Gasteiger partial charge in [0.2, 0.25) is 11.8 Å². The topological polar surface area (TPSA) is 120 Å². The van der Waals surface area contributed by atoms with Crippen LogP contribution in [-0.4, -0.2) is 52.8 Å². The number of nitrogens with one attached hydrogen (secondary N) is 2. The summed E-state index contributed by atoms with van der Waals surface area (Å²) in [5.41, 5.74) is 7.63. The van der Waals surface area contributed by atoms with Gasteiger partial charge in [0.15, 0.2) is 6.29 Å². The molecule has 5 rings (SSSR count). The summed E-state index contributed by atoms with van der Waals surface area (Å²) in [6.07, 6.45) is 5.59. The van der Waals surface area contributed by atoms with E-state index in [-0.39, 0.29) is 31.1 Å². The molecule has 0 aliphatic carbocycles. The van der Waals surface area contributed by atoms with Crippen molar-refractivity contribution < 1.29 is 29.4 Å². The van der Waals surface area contributed by atoms with Crippen molar-refractivity contribution in [3.8, 4) is 11.1 Å². The zero-order valence-corrected chi connectivity index (χ0v) is 25.8. The van der Waals surface area contributed by atoms with E-state index in [1.807, 2.05) is 42.5 Å². The maximum absolute atomic E-state index is 12.4. The molecule has 3 aromatic rings. The van der Waals surface area contributed by atoms with Crippen molar-refractivity contribution >= 4 is 11.8 Å². The van der Waals surface area contributed by atoms with Gasteiger partial charge < -0.3 is 24.8 Å². The molecule has 2 amide bonds. The number of aliphatic hydroxyl groups excluding tert-OH is 1. The summed E-state index contributed by atoms with van der Waals surface area (Å²) in [7, 11) is 0. The summed E-state index contributed by atoms with van der Waals surface area (Å²) >= 11 is 0. The maximum atomic E-state index is 12.4. The molecule has 3 atom stereocenters. The van der Waals surface area contributed by atoms with E-state index in [1.165, 1.54) is 19.3 Å². The second-order valence-corrected chi connectivity index (χ2v) is 12.0. The second-order valence-electron chi connectivity index (χ2n) is 12.0. The molecule has 2 aliphatic heterocycles. The normalized spacial score (nSPS) is 20.4. The number of carbonyl (C=O) groups is 2. The Bertz CT molecular complexity index is 1370. The Morgan fingerprint density at radius 3 is 2.22 bits per heavy atom. The van der Waals surface area contributed by atoms with Gasteiger partial charge in [-0.25, -0.2) is 5.48 Å². The monoisotopic (exact) mass is 615 g/mol. The molecular weight excluding hydrogens is 570 g/mol. The Hall–Kier alpha value is -3.60. The summed E-state index contributed by atoms with van der Waals surface area (Å²) in [6.45, 7) is 3.53. The Balaban J connectivity index is 1.25. The van der Waals surface area contributed by atoms with Gasteiger partial charge in [-0.05, 0) is 66.6 Å². The first kappa shape index (κ1) is 32.8. The minimum Gasteiger partial charge on any atom is -0.392 e. The zero-order chi connectivity index (χ0) is 31.4. The van der Waals surface area contributed by atoms with E-state index in [9.17, 15) is 14.7 Å². The van der Waals surface area contributed by atoms with Gasteiger partial charge in [0, 0.05) is 37.9 Å². The van der Waals surface area contributed by atoms with Crippen LogP contribution in [0.3, 0.4) is 0 Å². The largest absolute Gasteiger partial charge is 0.392 e. The molecule has 0 spiro atoms. The Morgan fingerprint density at radius 1 is 0.822 bits per heavy atom. The van der Waals surface area contributed by atoms with Crippen molar-refractivity contribution in [3.63, 3.8) is 0 Å². The van der Waals surface area contributed by atoms with E-state index in [0.717, 1.165) is 59.4 Å². The molecule has 4 N–H and O–H groups in total. The quantitative estimate of drug-likeness (QED) is 0.113. The number of hydroxylamine groups is 1. The Labute approximate surface area is 265 Å². The minimum atomic E-state index is -0.497. The van der Waals surface area contributed by atoms with E-state index in [4.69, 9.17) is 14.7 Å². The molecule has 2 saturated heterocycles. The van der Waals surface area contributed by atoms with Gasteiger partial charge in [0.25, 0.3) is 0 Å². The van der Waals surface area contributed by atoms with E-state index >= 15 is 0 Å². The van der Waals surface area contributed by atoms with Crippen LogP contribution < -0.4 is 10.8 Å². The number of unbranched alkanes of at least 4 members (excludes halogenated alkanes) is 1. The zero-order valence-electron chi connectivity index (χ0n) is 25.8. The maximum Gasteiger partial charge on any atom is 0.243 e. The van der Waals surface area contributed by atoms with Crippen LogP contribution in [0.5, 0.6) is 0 Å². The number of amides is 2. The molecule has 0 saturated carbocycles. The first-order valence-corrected chi connectivity index (χ1v) is 16.1. The van der Waals surface area contributed by atoms with E-state index in [0.29, 0.717) is 25.8 Å². The van der Waals surface area contributed by atoms with Crippen molar-refractivity contribution in [2.24, 2.45) is 0 Å². The molecule has 45 heavy (non-hydrogen) atoms. The lowest BCUT2D eigenvalue weighted by Crippen LogP contribution is -2.41. The predicted molar refractivity (Wildman–Crippen MR) is 171 cm³/mol. The Morgan fingerprint density at radius 2 is 1.51 bits per heavy atom. The number of likely N-dealkylation sites (tertiary alicyclic amines) is 1. The summed E-state index contributed by atoms with van der Waals surface area (Å²) in [5.74, 6) is -0.515. The fourth-order valence-corrected chi connectivity index (χ4v) is 6.15. The number of carbonyl (C=O) groups excluding carboxylic acids is 2. The molecule has 2 heterocycles. The number of aliphatic hydroxyl groups is 1. The van der Waals surface area contributed by atoms with Crippen molar-refractivity contribution in [1.29, 1.82) is 0 Å². The van der Waals surface area contributed by atoms with Gasteiger partial charge in [-0.1, -0.05) is 79.2 Å². The van der Waals surface area contributed by atoms with Crippen LogP contribution in [0.4, 0.5) is 0 Å². The minimum absolute atomic E-state index is 0.0182. The fraction of sp³-hybridized carbons (Fsp3) is 0.444. The SMILES string of the molecule is O=C(CCCCC(=O)NCc1ccccc1-c1ccc(C2OC(CN3CCCCC3)CC(c3ccc(CO)cc3)O2)cc1)NO. The van der Waals surface area contributed by atoms with Crippen molar-refractivity contribution in [2.45, 2.75) is 83.0 Å². The van der Waals surface area contributed by atoms with Crippen LogP contribution in [0, 0.1) is 0 Å². The summed E-state index contributed by atoms with van der Waals surface area (Å²) in [6, 6.07) is 24.3. The highest BCUT2D eigenvalue weighted by molar-refractivity contribution is 5.77. The van der Waals surface area contributed by atoms with Crippen LogP contribution >= 0.6 is 0 Å². The number of benzene rings is 3. The van der Waals surface area contributed by atoms with Crippen molar-refractivity contribution in [3.05, 3.63) is 95.1 Å². The highest BCUT2D eigenvalue weighted by Crippen LogP contribution is 2.39. The number of ether oxygens (including phenoxy) is 2. The summed E-state index contributed by atoms with van der Waals surface area (Å²) in [4.78, 5) is 26.1. The lowest BCUT2D eigenvalue weighted by atomic mass is 9.97. The van der Waals surface area contributed by atoms with Crippen molar-refractivity contribution in [2.75, 3.05) is 19.6 Å². The molecule has 0 aromatic heterocycles. The molecule has 3 aromatic carbocycles. The molecule has 9 heteroatoms. The third kappa shape index (κ3) is 9.45. The smallest absolute Gasteiger partial charge is 0.243 e. The third-order valence-electron chi connectivity index (χ3n) is 8.70. The summed E-state index contributed by atoms with van der Waals surface area (Å²) in [5, 5.41) is 21.1. The molecule has 9 nitrogen and oxygen atoms in total. The van der Waals surface area contributed by atoms with Gasteiger partial charge in [0.05, 0.1) is 18.8 Å². The highest BCUT2D eigenvalue weighted by Gasteiger charge is 2.33. The number of piperidine rings is 1. The molecule has 0 bridgehead atoms. The molecule has 2 aliphatic rings. The molecule has 240 valence electrons.